The highest BCUT2D eigenvalue weighted by Gasteiger charge is 2.34. The molecule has 0 saturated carbocycles. The second-order valence-electron chi connectivity index (χ2n) is 8.21. The summed E-state index contributed by atoms with van der Waals surface area (Å²) < 4.78 is 30.6. The lowest BCUT2D eigenvalue weighted by Crippen LogP contribution is -2.48. The molecule has 2 aromatic carbocycles. The van der Waals surface area contributed by atoms with Gasteiger partial charge in [0.15, 0.2) is 0 Å². The first kappa shape index (κ1) is 23.1. The Morgan fingerprint density at radius 2 is 1.55 bits per heavy atom. The molecule has 0 bridgehead atoms. The molecule has 6 nitrogen and oxygen atoms in total. The quantitative estimate of drug-likeness (QED) is 0.546. The summed E-state index contributed by atoms with van der Waals surface area (Å²) >= 11 is -2.64. The summed E-state index contributed by atoms with van der Waals surface area (Å²) in [6.07, 6.45) is 0. The highest BCUT2D eigenvalue weighted by molar-refractivity contribution is 7.80. The Bertz CT molecular complexity index is 843. The molecule has 0 aromatic heterocycles. The minimum atomic E-state index is -2.64. The number of carbonyl (C=O) groups is 1. The van der Waals surface area contributed by atoms with Gasteiger partial charge in [-0.2, -0.15) is 0 Å². The summed E-state index contributed by atoms with van der Waals surface area (Å²) in [6, 6.07) is 14.0. The van der Waals surface area contributed by atoms with E-state index in [0.717, 1.165) is 21.0 Å². The van der Waals surface area contributed by atoms with Crippen molar-refractivity contribution in [3.8, 4) is 11.1 Å². The third-order valence-electron chi connectivity index (χ3n) is 4.34. The van der Waals surface area contributed by atoms with Gasteiger partial charge in [-0.25, -0.2) is 4.79 Å². The van der Waals surface area contributed by atoms with Gasteiger partial charge in [0.05, 0.1) is 0 Å². The summed E-state index contributed by atoms with van der Waals surface area (Å²) in [6.45, 7) is 9.33. The number of hydrogen-bond donors (Lipinski definition) is 1. The van der Waals surface area contributed by atoms with Crippen LogP contribution in [0.15, 0.2) is 48.5 Å². The molecule has 0 amide bonds. The highest BCUT2D eigenvalue weighted by atomic mass is 32.2. The van der Waals surface area contributed by atoms with Gasteiger partial charge < -0.3 is 15.0 Å². The smallest absolute Gasteiger partial charge is 0.330 e. The molecular formula is C22H29N2O4S-. The summed E-state index contributed by atoms with van der Waals surface area (Å²) in [7, 11) is 0. The number of ether oxygens (including phenoxy) is 1. The second-order valence-corrected chi connectivity index (χ2v) is 9.04. The number of carbonyl (C=O) groups excluding carboxylic acids is 1. The Balaban J connectivity index is 2.35. The highest BCUT2D eigenvalue weighted by Crippen LogP contribution is 2.28. The zero-order valence-corrected chi connectivity index (χ0v) is 18.4. The van der Waals surface area contributed by atoms with Crippen molar-refractivity contribution in [2.24, 2.45) is 11.7 Å². The van der Waals surface area contributed by atoms with Crippen molar-refractivity contribution in [2.75, 3.05) is 4.31 Å². The Morgan fingerprint density at radius 3 is 1.93 bits per heavy atom. The first-order valence-electron chi connectivity index (χ1n) is 9.54. The lowest BCUT2D eigenvalue weighted by Gasteiger charge is -2.36. The van der Waals surface area contributed by atoms with Gasteiger partial charge in [0, 0.05) is 23.5 Å². The second kappa shape index (κ2) is 9.52. The van der Waals surface area contributed by atoms with Crippen LogP contribution in [0.4, 0.5) is 5.69 Å². The molecule has 0 aliphatic heterocycles. The van der Waals surface area contributed by atoms with Crippen molar-refractivity contribution < 1.29 is 18.3 Å². The van der Waals surface area contributed by atoms with E-state index in [4.69, 9.17) is 10.5 Å². The van der Waals surface area contributed by atoms with Crippen LogP contribution in [0.3, 0.4) is 0 Å². The van der Waals surface area contributed by atoms with E-state index >= 15 is 0 Å². The van der Waals surface area contributed by atoms with Crippen LogP contribution in [0.1, 0.15) is 40.2 Å². The molecule has 0 aliphatic carbocycles. The molecule has 0 saturated heterocycles. The molecule has 0 fully saturated rings. The molecule has 29 heavy (non-hydrogen) atoms. The van der Waals surface area contributed by atoms with E-state index < -0.39 is 28.9 Å². The Hall–Kier alpha value is -2.22. The van der Waals surface area contributed by atoms with Gasteiger partial charge in [0.1, 0.15) is 11.6 Å². The topological polar surface area (TPSA) is 95.7 Å². The first-order chi connectivity index (χ1) is 13.5. The zero-order chi connectivity index (χ0) is 21.8. The Morgan fingerprint density at radius 1 is 1.07 bits per heavy atom. The van der Waals surface area contributed by atoms with Gasteiger partial charge in [-0.05, 0) is 55.5 Å². The van der Waals surface area contributed by atoms with Crippen LogP contribution in [0.5, 0.6) is 0 Å². The molecular weight excluding hydrogens is 388 g/mol. The van der Waals surface area contributed by atoms with Crippen molar-refractivity contribution >= 4 is 22.9 Å². The SMILES string of the molecule is CC(C)C(C(=O)OC(C)(C)C)N(c1ccc(-c2ccc(CN)cc2)cc1)S(=O)[O-]. The monoisotopic (exact) mass is 417 g/mol. The zero-order valence-electron chi connectivity index (χ0n) is 17.5. The van der Waals surface area contributed by atoms with Gasteiger partial charge in [-0.3, -0.25) is 8.51 Å². The largest absolute Gasteiger partial charge is 0.755 e. The van der Waals surface area contributed by atoms with Crippen LogP contribution in [0.2, 0.25) is 0 Å². The number of nitrogens with zero attached hydrogens (tertiary/aromatic N) is 1. The van der Waals surface area contributed by atoms with E-state index in [0.29, 0.717) is 12.2 Å². The van der Waals surface area contributed by atoms with E-state index in [1.807, 2.05) is 36.4 Å². The Kier molecular flexibility index (Phi) is 7.57. The normalized spacial score (nSPS) is 13.8. The lowest BCUT2D eigenvalue weighted by atomic mass is 10.0. The van der Waals surface area contributed by atoms with E-state index in [1.165, 1.54) is 0 Å². The molecule has 0 spiro atoms. The van der Waals surface area contributed by atoms with Crippen molar-refractivity contribution in [1.29, 1.82) is 0 Å². The van der Waals surface area contributed by atoms with E-state index in [9.17, 15) is 13.6 Å². The summed E-state index contributed by atoms with van der Waals surface area (Å²) in [4.78, 5) is 12.7. The molecule has 158 valence electrons. The minimum absolute atomic E-state index is 0.272. The standard InChI is InChI=1S/C22H30N2O4S/c1-15(2)20(21(25)28-22(3,4)5)24(29(26)27)19-12-10-18(11-13-19)17-8-6-16(14-23)7-9-17/h6-13,15,20H,14,23H2,1-5H3,(H,26,27)/p-1. The fraction of sp³-hybridized carbons (Fsp3) is 0.409. The van der Waals surface area contributed by atoms with Gasteiger partial charge in [-0.1, -0.05) is 50.2 Å². The maximum absolute atomic E-state index is 12.7. The average Bonchev–Trinajstić information content (AvgIpc) is 2.64. The number of hydrogen-bond acceptors (Lipinski definition) is 5. The molecule has 2 aromatic rings. The molecule has 0 radical (unpaired) electrons. The molecule has 2 N–H and O–H groups in total. The summed E-state index contributed by atoms with van der Waals surface area (Å²) in [5, 5.41) is 0. The third kappa shape index (κ3) is 6.13. The Labute approximate surface area is 175 Å². The predicted octanol–water partition coefficient (Wildman–Crippen LogP) is 3.78. The number of anilines is 1. The number of benzene rings is 2. The summed E-state index contributed by atoms with van der Waals surface area (Å²) in [5.74, 6) is -0.843. The molecule has 2 rings (SSSR count). The predicted molar refractivity (Wildman–Crippen MR) is 116 cm³/mol. The van der Waals surface area contributed by atoms with Crippen molar-refractivity contribution in [1.82, 2.24) is 0 Å². The van der Waals surface area contributed by atoms with Crippen LogP contribution >= 0.6 is 0 Å². The summed E-state index contributed by atoms with van der Waals surface area (Å²) in [5.41, 5.74) is 8.30. The van der Waals surface area contributed by atoms with Gasteiger partial charge in [-0.15, -0.1) is 0 Å². The van der Waals surface area contributed by atoms with E-state index in [1.54, 1.807) is 46.8 Å². The van der Waals surface area contributed by atoms with Crippen LogP contribution in [0, 0.1) is 5.92 Å². The van der Waals surface area contributed by atoms with Crippen molar-refractivity contribution in [3.05, 3.63) is 54.1 Å². The van der Waals surface area contributed by atoms with Crippen LogP contribution in [-0.2, 0) is 27.3 Å². The van der Waals surface area contributed by atoms with Crippen LogP contribution in [-0.4, -0.2) is 26.4 Å². The fourth-order valence-corrected chi connectivity index (χ4v) is 3.78. The lowest BCUT2D eigenvalue weighted by molar-refractivity contribution is -0.157. The number of rotatable bonds is 7. The molecule has 2 atom stereocenters. The van der Waals surface area contributed by atoms with Gasteiger partial charge in [0.2, 0.25) is 0 Å². The minimum Gasteiger partial charge on any atom is -0.755 e. The van der Waals surface area contributed by atoms with Gasteiger partial charge in [0.25, 0.3) is 0 Å². The van der Waals surface area contributed by atoms with Crippen LogP contribution < -0.4 is 10.0 Å². The maximum atomic E-state index is 12.7. The average molecular weight is 418 g/mol. The number of nitrogens with two attached hydrogens (primary N) is 1. The maximum Gasteiger partial charge on any atom is 0.330 e. The van der Waals surface area contributed by atoms with Crippen LogP contribution in [0.25, 0.3) is 11.1 Å². The van der Waals surface area contributed by atoms with Gasteiger partial charge >= 0.3 is 5.97 Å². The molecule has 2 unspecified atom stereocenters. The molecule has 0 heterocycles. The van der Waals surface area contributed by atoms with E-state index in [2.05, 4.69) is 0 Å². The third-order valence-corrected chi connectivity index (χ3v) is 5.10. The van der Waals surface area contributed by atoms with Crippen molar-refractivity contribution in [3.63, 3.8) is 0 Å². The first-order valence-corrected chi connectivity index (χ1v) is 10.6. The number of esters is 1. The van der Waals surface area contributed by atoms with Crippen molar-refractivity contribution in [2.45, 2.75) is 52.8 Å². The molecule has 7 heteroatoms. The molecule has 0 aliphatic rings. The fourth-order valence-electron chi connectivity index (χ4n) is 2.97. The van der Waals surface area contributed by atoms with E-state index in [-0.39, 0.29) is 5.92 Å².